The number of hydrogen-bond donors (Lipinski definition) is 1. The predicted octanol–water partition coefficient (Wildman–Crippen LogP) is 3.61. The first-order chi connectivity index (χ1) is 12.4. The number of nitrogens with zero attached hydrogens (tertiary/aromatic N) is 1. The Kier molecular flexibility index (Phi) is 5.27. The van der Waals surface area contributed by atoms with Gasteiger partial charge in [0, 0.05) is 24.1 Å². The minimum absolute atomic E-state index is 0.00907. The molecule has 7 nitrogen and oxygen atoms in total. The van der Waals surface area contributed by atoms with Crippen LogP contribution in [0.3, 0.4) is 0 Å². The van der Waals surface area contributed by atoms with Gasteiger partial charge in [-0.2, -0.15) is 0 Å². The minimum atomic E-state index is -0.603. The second-order valence-corrected chi connectivity index (χ2v) is 7.03. The summed E-state index contributed by atoms with van der Waals surface area (Å²) in [5.74, 6) is -1.33. The van der Waals surface area contributed by atoms with Gasteiger partial charge in [-0.1, -0.05) is 17.7 Å². The van der Waals surface area contributed by atoms with Gasteiger partial charge in [0.1, 0.15) is 11.1 Å². The number of halogens is 1. The number of nitro groups is 1. The second-order valence-electron chi connectivity index (χ2n) is 6.62. The third-order valence-corrected chi connectivity index (χ3v) is 5.15. The molecule has 1 aliphatic carbocycles. The number of ether oxygens (including phenoxy) is 1. The molecule has 0 aromatic heterocycles. The second kappa shape index (κ2) is 7.45. The fourth-order valence-corrected chi connectivity index (χ4v) is 3.75. The number of benzene rings is 1. The van der Waals surface area contributed by atoms with Gasteiger partial charge in [0.25, 0.3) is 5.69 Å². The van der Waals surface area contributed by atoms with E-state index in [9.17, 15) is 19.7 Å². The third kappa shape index (κ3) is 3.72. The highest BCUT2D eigenvalue weighted by atomic mass is 35.5. The van der Waals surface area contributed by atoms with Crippen LogP contribution in [0, 0.1) is 10.1 Å². The fraction of sp³-hybridized carbons (Fsp3) is 0.444. The summed E-state index contributed by atoms with van der Waals surface area (Å²) in [7, 11) is 0. The first-order valence-electron chi connectivity index (χ1n) is 8.52. The molecule has 1 aliphatic heterocycles. The maximum absolute atomic E-state index is 12.7. The largest absolute Gasteiger partial charge is 0.459 e. The van der Waals surface area contributed by atoms with E-state index >= 15 is 0 Å². The zero-order valence-corrected chi connectivity index (χ0v) is 15.0. The molecule has 1 amide bonds. The molecule has 2 aliphatic rings. The van der Waals surface area contributed by atoms with Gasteiger partial charge in [-0.15, -0.1) is 0 Å². The van der Waals surface area contributed by atoms with Crippen molar-refractivity contribution >= 4 is 29.2 Å². The standard InChI is InChI=1S/C18H19ClN2O5/c1-10-17(18(23)26-12-4-2-3-5-12)13(9-16(22)20-10)11-6-7-14(19)15(8-11)21(24)25/h6-8,12-13H,2-5,9H2,1H3,(H,20,22). The van der Waals surface area contributed by atoms with E-state index in [1.165, 1.54) is 12.1 Å². The molecule has 3 rings (SSSR count). The van der Waals surface area contributed by atoms with Gasteiger partial charge < -0.3 is 10.1 Å². The number of amides is 1. The van der Waals surface area contributed by atoms with Crippen LogP contribution in [0.2, 0.25) is 5.02 Å². The molecule has 8 heteroatoms. The number of hydrogen-bond acceptors (Lipinski definition) is 5. The lowest BCUT2D eigenvalue weighted by Gasteiger charge is -2.27. The van der Waals surface area contributed by atoms with Crippen molar-refractivity contribution in [1.82, 2.24) is 5.32 Å². The Bertz CT molecular complexity index is 799. The van der Waals surface area contributed by atoms with Crippen molar-refractivity contribution in [3.8, 4) is 0 Å². The van der Waals surface area contributed by atoms with Crippen LogP contribution in [0.5, 0.6) is 0 Å². The first kappa shape index (κ1) is 18.4. The molecule has 0 spiro atoms. The molecule has 1 fully saturated rings. The van der Waals surface area contributed by atoms with Crippen molar-refractivity contribution in [1.29, 1.82) is 0 Å². The number of esters is 1. The summed E-state index contributed by atoms with van der Waals surface area (Å²) >= 11 is 5.88. The summed E-state index contributed by atoms with van der Waals surface area (Å²) in [4.78, 5) is 35.3. The Morgan fingerprint density at radius 2 is 2.04 bits per heavy atom. The lowest BCUT2D eigenvalue weighted by Crippen LogP contribution is -2.35. The quantitative estimate of drug-likeness (QED) is 0.490. The van der Waals surface area contributed by atoms with Gasteiger partial charge in [-0.3, -0.25) is 14.9 Å². The van der Waals surface area contributed by atoms with E-state index in [2.05, 4.69) is 5.32 Å². The van der Waals surface area contributed by atoms with Crippen LogP contribution >= 0.6 is 11.6 Å². The summed E-state index contributed by atoms with van der Waals surface area (Å²) in [6.07, 6.45) is 3.63. The molecule has 1 saturated carbocycles. The van der Waals surface area contributed by atoms with Crippen LogP contribution in [-0.2, 0) is 14.3 Å². The Morgan fingerprint density at radius 3 is 2.69 bits per heavy atom. The van der Waals surface area contributed by atoms with Gasteiger partial charge >= 0.3 is 5.97 Å². The Labute approximate surface area is 155 Å². The van der Waals surface area contributed by atoms with Gasteiger partial charge in [-0.25, -0.2) is 4.79 Å². The van der Waals surface area contributed by atoms with E-state index in [0.717, 1.165) is 25.7 Å². The number of carbonyl (C=O) groups excluding carboxylic acids is 2. The average molecular weight is 379 g/mol. The smallest absolute Gasteiger partial charge is 0.336 e. The highest BCUT2D eigenvalue weighted by Crippen LogP contribution is 2.37. The molecule has 0 bridgehead atoms. The number of nitrogens with one attached hydrogen (secondary N) is 1. The molecular weight excluding hydrogens is 360 g/mol. The maximum atomic E-state index is 12.7. The van der Waals surface area contributed by atoms with Crippen molar-refractivity contribution in [2.24, 2.45) is 0 Å². The van der Waals surface area contributed by atoms with Gasteiger partial charge in [0.15, 0.2) is 0 Å². The van der Waals surface area contributed by atoms with Crippen LogP contribution < -0.4 is 5.32 Å². The van der Waals surface area contributed by atoms with E-state index < -0.39 is 16.8 Å². The normalized spacial score (nSPS) is 20.8. The molecule has 0 saturated heterocycles. The SMILES string of the molecule is CC1=C(C(=O)OC2CCCC2)C(c2ccc(Cl)c([N+](=O)[O-])c2)CC(=O)N1. The van der Waals surface area contributed by atoms with E-state index in [-0.39, 0.29) is 29.1 Å². The van der Waals surface area contributed by atoms with Crippen molar-refractivity contribution in [2.45, 2.75) is 51.0 Å². The summed E-state index contributed by atoms with van der Waals surface area (Å²) in [5.41, 5.74) is 1.00. The topological polar surface area (TPSA) is 98.5 Å². The molecule has 0 radical (unpaired) electrons. The molecule has 1 atom stereocenters. The van der Waals surface area contributed by atoms with Gasteiger partial charge in [-0.05, 0) is 44.2 Å². The molecule has 26 heavy (non-hydrogen) atoms. The van der Waals surface area contributed by atoms with Crippen molar-refractivity contribution in [3.63, 3.8) is 0 Å². The summed E-state index contributed by atoms with van der Waals surface area (Å²) in [5, 5.41) is 13.8. The number of carbonyl (C=O) groups is 2. The van der Waals surface area contributed by atoms with Crippen LogP contribution in [-0.4, -0.2) is 22.9 Å². The first-order valence-corrected chi connectivity index (χ1v) is 8.90. The highest BCUT2D eigenvalue weighted by Gasteiger charge is 2.35. The third-order valence-electron chi connectivity index (χ3n) is 4.83. The van der Waals surface area contributed by atoms with Crippen LogP contribution in [0.25, 0.3) is 0 Å². The van der Waals surface area contributed by atoms with E-state index in [4.69, 9.17) is 16.3 Å². The van der Waals surface area contributed by atoms with Gasteiger partial charge in [0.2, 0.25) is 5.91 Å². The zero-order valence-electron chi connectivity index (χ0n) is 14.3. The number of rotatable bonds is 4. The summed E-state index contributed by atoms with van der Waals surface area (Å²) in [6.45, 7) is 1.64. The van der Waals surface area contributed by atoms with E-state index in [0.29, 0.717) is 16.8 Å². The molecule has 1 N–H and O–H groups in total. The van der Waals surface area contributed by atoms with Crippen LogP contribution in [0.1, 0.15) is 50.5 Å². The Hall–Kier alpha value is -2.41. The van der Waals surface area contributed by atoms with Crippen LogP contribution in [0.4, 0.5) is 5.69 Å². The predicted molar refractivity (Wildman–Crippen MR) is 94.7 cm³/mol. The monoisotopic (exact) mass is 378 g/mol. The van der Waals surface area contributed by atoms with Crippen molar-refractivity contribution < 1.29 is 19.2 Å². The Morgan fingerprint density at radius 1 is 1.35 bits per heavy atom. The number of nitro benzene ring substituents is 1. The lowest BCUT2D eigenvalue weighted by atomic mass is 9.84. The highest BCUT2D eigenvalue weighted by molar-refractivity contribution is 6.32. The Balaban J connectivity index is 1.96. The average Bonchev–Trinajstić information content (AvgIpc) is 3.07. The maximum Gasteiger partial charge on any atom is 0.336 e. The van der Waals surface area contributed by atoms with Gasteiger partial charge in [0.05, 0.1) is 10.5 Å². The van der Waals surface area contributed by atoms with Crippen LogP contribution in [0.15, 0.2) is 29.5 Å². The molecule has 1 aromatic rings. The van der Waals surface area contributed by atoms with E-state index in [1.54, 1.807) is 13.0 Å². The molecule has 1 aromatic carbocycles. The minimum Gasteiger partial charge on any atom is -0.459 e. The van der Waals surface area contributed by atoms with E-state index in [1.807, 2.05) is 0 Å². The van der Waals surface area contributed by atoms with Crippen molar-refractivity contribution in [2.75, 3.05) is 0 Å². The van der Waals surface area contributed by atoms with Crippen molar-refractivity contribution in [3.05, 3.63) is 50.2 Å². The molecular formula is C18H19ClN2O5. The molecule has 1 heterocycles. The summed E-state index contributed by atoms with van der Waals surface area (Å²) < 4.78 is 5.60. The molecule has 1 unspecified atom stereocenters. The zero-order chi connectivity index (χ0) is 18.8. The number of allylic oxidation sites excluding steroid dienone is 1. The molecule has 138 valence electrons. The fourth-order valence-electron chi connectivity index (χ4n) is 3.56. The summed E-state index contributed by atoms with van der Waals surface area (Å²) in [6, 6.07) is 4.34. The lowest BCUT2D eigenvalue weighted by molar-refractivity contribution is -0.384.